The normalized spacial score (nSPS) is 17.5. The summed E-state index contributed by atoms with van der Waals surface area (Å²) in [5.74, 6) is 0.211. The second kappa shape index (κ2) is 8.11. The lowest BCUT2D eigenvalue weighted by molar-refractivity contribution is -0.120. The molecule has 0 atom stereocenters. The van der Waals surface area contributed by atoms with Gasteiger partial charge in [-0.05, 0) is 62.9 Å². The minimum Gasteiger partial charge on any atom is -0.491 e. The van der Waals surface area contributed by atoms with Gasteiger partial charge in [-0.25, -0.2) is 4.90 Å². The Hall–Kier alpha value is -3.08. The summed E-state index contributed by atoms with van der Waals surface area (Å²) >= 11 is 0. The fourth-order valence-electron chi connectivity index (χ4n) is 3.97. The van der Waals surface area contributed by atoms with E-state index < -0.39 is 0 Å². The summed E-state index contributed by atoms with van der Waals surface area (Å²) in [5.41, 5.74) is 2.38. The van der Waals surface area contributed by atoms with Crippen LogP contribution in [0.15, 0.2) is 60.3 Å². The van der Waals surface area contributed by atoms with Gasteiger partial charge in [0.05, 0.1) is 17.4 Å². The van der Waals surface area contributed by atoms with Crippen LogP contribution < -0.4 is 9.64 Å². The van der Waals surface area contributed by atoms with Gasteiger partial charge >= 0.3 is 0 Å². The predicted octanol–water partition coefficient (Wildman–Crippen LogP) is 4.24. The first-order chi connectivity index (χ1) is 14.1. The second-order valence-electron chi connectivity index (χ2n) is 7.74. The van der Waals surface area contributed by atoms with Crippen molar-refractivity contribution in [1.82, 2.24) is 4.90 Å². The van der Waals surface area contributed by atoms with E-state index in [-0.39, 0.29) is 17.9 Å². The molecule has 0 aliphatic carbocycles. The van der Waals surface area contributed by atoms with Gasteiger partial charge in [-0.15, -0.1) is 0 Å². The van der Waals surface area contributed by atoms with Gasteiger partial charge in [0.2, 0.25) is 0 Å². The van der Waals surface area contributed by atoms with Gasteiger partial charge in [-0.3, -0.25) is 9.59 Å². The first-order valence-electron chi connectivity index (χ1n) is 10.3. The first kappa shape index (κ1) is 19.2. The molecule has 2 aliphatic rings. The summed E-state index contributed by atoms with van der Waals surface area (Å²) in [7, 11) is 0. The zero-order chi connectivity index (χ0) is 20.4. The molecule has 29 heavy (non-hydrogen) atoms. The van der Waals surface area contributed by atoms with Crippen molar-refractivity contribution in [3.8, 4) is 5.75 Å². The Balaban J connectivity index is 1.72. The predicted molar refractivity (Wildman–Crippen MR) is 113 cm³/mol. The summed E-state index contributed by atoms with van der Waals surface area (Å²) < 4.78 is 5.69. The standard InChI is InChI=1S/C24H26N2O3/c1-17(2)29-20-13-11-19(12-14-20)26-23(27)21(18-9-5-3-6-10-18)22(24(26)28)25-15-7-4-8-16-25/h3,5-6,9-14,17H,4,7-8,15-16H2,1-2H3. The Labute approximate surface area is 171 Å². The molecule has 5 nitrogen and oxygen atoms in total. The van der Waals surface area contributed by atoms with E-state index in [4.69, 9.17) is 4.74 Å². The van der Waals surface area contributed by atoms with Crippen LogP contribution in [-0.2, 0) is 9.59 Å². The number of nitrogens with zero attached hydrogens (tertiary/aromatic N) is 2. The molecule has 0 aromatic heterocycles. The average molecular weight is 390 g/mol. The van der Waals surface area contributed by atoms with E-state index in [9.17, 15) is 9.59 Å². The number of imide groups is 1. The molecule has 2 aliphatic heterocycles. The molecule has 1 saturated heterocycles. The molecule has 0 N–H and O–H groups in total. The van der Waals surface area contributed by atoms with Crippen LogP contribution in [0.1, 0.15) is 38.7 Å². The first-order valence-corrected chi connectivity index (χ1v) is 10.3. The number of anilines is 1. The average Bonchev–Trinajstić information content (AvgIpc) is 3.00. The van der Waals surface area contributed by atoms with Crippen molar-refractivity contribution in [3.05, 3.63) is 65.9 Å². The summed E-state index contributed by atoms with van der Waals surface area (Å²) in [4.78, 5) is 30.2. The molecular weight excluding hydrogens is 364 g/mol. The van der Waals surface area contributed by atoms with Crippen LogP contribution in [0.2, 0.25) is 0 Å². The topological polar surface area (TPSA) is 49.9 Å². The quantitative estimate of drug-likeness (QED) is 0.717. The number of carbonyl (C=O) groups excluding carboxylic acids is 2. The highest BCUT2D eigenvalue weighted by Gasteiger charge is 2.42. The molecule has 2 aromatic carbocycles. The van der Waals surface area contributed by atoms with E-state index in [1.165, 1.54) is 4.90 Å². The highest BCUT2D eigenvalue weighted by molar-refractivity contribution is 6.45. The third kappa shape index (κ3) is 3.77. The van der Waals surface area contributed by atoms with E-state index in [1.54, 1.807) is 24.3 Å². The number of likely N-dealkylation sites (tertiary alicyclic amines) is 1. The van der Waals surface area contributed by atoms with Crippen molar-refractivity contribution >= 4 is 23.1 Å². The highest BCUT2D eigenvalue weighted by Crippen LogP contribution is 2.36. The molecule has 0 bridgehead atoms. The highest BCUT2D eigenvalue weighted by atomic mass is 16.5. The molecule has 2 heterocycles. The number of ether oxygens (including phenoxy) is 1. The van der Waals surface area contributed by atoms with E-state index in [1.807, 2.05) is 44.2 Å². The van der Waals surface area contributed by atoms with Crippen molar-refractivity contribution in [1.29, 1.82) is 0 Å². The third-order valence-corrected chi connectivity index (χ3v) is 5.26. The monoisotopic (exact) mass is 390 g/mol. The number of hydrogen-bond donors (Lipinski definition) is 0. The lowest BCUT2D eigenvalue weighted by Gasteiger charge is -2.29. The minimum absolute atomic E-state index is 0.0629. The zero-order valence-corrected chi connectivity index (χ0v) is 16.9. The van der Waals surface area contributed by atoms with E-state index in [0.717, 1.165) is 43.7 Å². The number of benzene rings is 2. The van der Waals surface area contributed by atoms with E-state index in [2.05, 4.69) is 4.90 Å². The van der Waals surface area contributed by atoms with E-state index >= 15 is 0 Å². The molecule has 5 heteroatoms. The number of rotatable bonds is 5. The molecule has 0 saturated carbocycles. The smallest absolute Gasteiger partial charge is 0.282 e. The Kier molecular flexibility index (Phi) is 5.38. The lowest BCUT2D eigenvalue weighted by atomic mass is 10.0. The van der Waals surface area contributed by atoms with Crippen molar-refractivity contribution in [2.75, 3.05) is 18.0 Å². The molecule has 150 valence electrons. The van der Waals surface area contributed by atoms with Gasteiger partial charge in [0.25, 0.3) is 11.8 Å². The van der Waals surface area contributed by atoms with Crippen molar-refractivity contribution in [3.63, 3.8) is 0 Å². The van der Waals surface area contributed by atoms with Crippen LogP contribution in [0.4, 0.5) is 5.69 Å². The maximum atomic E-state index is 13.4. The molecule has 4 rings (SSSR count). The summed E-state index contributed by atoms with van der Waals surface area (Å²) in [6, 6.07) is 16.7. The molecule has 0 radical (unpaired) electrons. The SMILES string of the molecule is CC(C)Oc1ccc(N2C(=O)C(c3ccccc3)=C(N3CCCCC3)C2=O)cc1. The van der Waals surface area contributed by atoms with Crippen LogP contribution in [0, 0.1) is 0 Å². The van der Waals surface area contributed by atoms with Gasteiger partial charge < -0.3 is 9.64 Å². The number of carbonyl (C=O) groups is 2. The Bertz CT molecular complexity index is 926. The number of amides is 2. The van der Waals surface area contributed by atoms with Gasteiger partial charge in [-0.1, -0.05) is 30.3 Å². The zero-order valence-electron chi connectivity index (χ0n) is 16.9. The number of piperidine rings is 1. The van der Waals surface area contributed by atoms with Gasteiger partial charge in [0.15, 0.2) is 0 Å². The van der Waals surface area contributed by atoms with Gasteiger partial charge in [0, 0.05) is 13.1 Å². The van der Waals surface area contributed by atoms with Gasteiger partial charge in [0.1, 0.15) is 11.4 Å². The van der Waals surface area contributed by atoms with Gasteiger partial charge in [-0.2, -0.15) is 0 Å². The summed E-state index contributed by atoms with van der Waals surface area (Å²) in [6.45, 7) is 5.53. The summed E-state index contributed by atoms with van der Waals surface area (Å²) in [6.07, 6.45) is 3.30. The Morgan fingerprint density at radius 3 is 2.10 bits per heavy atom. The maximum Gasteiger partial charge on any atom is 0.282 e. The van der Waals surface area contributed by atoms with Crippen LogP contribution >= 0.6 is 0 Å². The van der Waals surface area contributed by atoms with Crippen LogP contribution in [0.3, 0.4) is 0 Å². The van der Waals surface area contributed by atoms with Crippen LogP contribution in [0.5, 0.6) is 5.75 Å². The number of hydrogen-bond acceptors (Lipinski definition) is 4. The summed E-state index contributed by atoms with van der Waals surface area (Å²) in [5, 5.41) is 0. The van der Waals surface area contributed by atoms with Crippen molar-refractivity contribution in [2.45, 2.75) is 39.2 Å². The second-order valence-corrected chi connectivity index (χ2v) is 7.74. The minimum atomic E-state index is -0.265. The lowest BCUT2D eigenvalue weighted by Crippen LogP contribution is -2.37. The molecular formula is C24H26N2O3. The van der Waals surface area contributed by atoms with E-state index in [0.29, 0.717) is 17.0 Å². The van der Waals surface area contributed by atoms with Crippen molar-refractivity contribution in [2.24, 2.45) is 0 Å². The fourth-order valence-corrected chi connectivity index (χ4v) is 3.97. The molecule has 2 amide bonds. The molecule has 1 fully saturated rings. The molecule has 0 spiro atoms. The molecule has 0 unspecified atom stereocenters. The van der Waals surface area contributed by atoms with Crippen molar-refractivity contribution < 1.29 is 14.3 Å². The Morgan fingerprint density at radius 2 is 1.48 bits per heavy atom. The van der Waals surface area contributed by atoms with Crippen LogP contribution in [0.25, 0.3) is 5.57 Å². The largest absolute Gasteiger partial charge is 0.491 e. The third-order valence-electron chi connectivity index (χ3n) is 5.26. The molecule has 2 aromatic rings. The maximum absolute atomic E-state index is 13.4. The Morgan fingerprint density at radius 1 is 0.828 bits per heavy atom. The fraction of sp³-hybridized carbons (Fsp3) is 0.333. The van der Waals surface area contributed by atoms with Crippen LogP contribution in [-0.4, -0.2) is 35.9 Å².